The van der Waals surface area contributed by atoms with E-state index in [0.29, 0.717) is 0 Å². The lowest BCUT2D eigenvalue weighted by atomic mass is 9.84. The van der Waals surface area contributed by atoms with Crippen LogP contribution in [-0.2, 0) is 0 Å². The Hall–Kier alpha value is -6.53. The molecule has 12 rings (SSSR count). The van der Waals surface area contributed by atoms with Gasteiger partial charge in [-0.15, -0.1) is 46.6 Å². The standard InChI is InChI=1S/C62H44S4.C2H6/c63-55(21-11-20-50-28-31-56(64-50)42-14-3-1-4-15-42)46-26-29-51-53(38-46)61(48-24-22-40-12-7-9-18-44(40)36-48)52-30-27-47(39-54(52)62(51)49-25-23-41-13-8-10-19-45(41)37-49)58-33-35-60(66-58)59-34-32-57(65-59)43-16-5-2-6-17-43;1-2/h3,5,7-39,63H,1-2,4,6H2;1-2H3/b20-11+,55-21-;. The largest absolute Gasteiger partial charge is 0.143 e. The summed E-state index contributed by atoms with van der Waals surface area (Å²) in [6, 6.07) is 59.1. The fourth-order valence-corrected chi connectivity index (χ4v) is 12.9. The summed E-state index contributed by atoms with van der Waals surface area (Å²) in [6.07, 6.45) is 24.8. The minimum absolute atomic E-state index is 0.924. The summed E-state index contributed by atoms with van der Waals surface area (Å²) in [4.78, 5) is 8.70. The van der Waals surface area contributed by atoms with Crippen LogP contribution in [0.4, 0.5) is 0 Å². The first-order valence-corrected chi connectivity index (χ1v) is 26.6. The Morgan fingerprint density at radius 3 is 1.57 bits per heavy atom. The van der Waals surface area contributed by atoms with Crippen molar-refractivity contribution in [1.29, 1.82) is 0 Å². The molecule has 0 fully saturated rings. The fourth-order valence-electron chi connectivity index (χ4n) is 9.62. The van der Waals surface area contributed by atoms with E-state index < -0.39 is 0 Å². The molecule has 0 bridgehead atoms. The molecule has 0 N–H and O–H groups in total. The van der Waals surface area contributed by atoms with E-state index in [0.717, 1.165) is 36.2 Å². The minimum Gasteiger partial charge on any atom is -0.143 e. The summed E-state index contributed by atoms with van der Waals surface area (Å²) in [5.74, 6) is 0. The number of thiol groups is 1. The molecule has 2 aliphatic carbocycles. The third-order valence-corrected chi connectivity index (χ3v) is 16.9. The molecule has 0 unspecified atom stereocenters. The van der Waals surface area contributed by atoms with Crippen molar-refractivity contribution in [2.45, 2.75) is 39.5 Å². The molecule has 3 heterocycles. The van der Waals surface area contributed by atoms with Gasteiger partial charge in [0, 0.05) is 34.2 Å². The van der Waals surface area contributed by atoms with Gasteiger partial charge in [0.1, 0.15) is 0 Å². The quantitative estimate of drug-likeness (QED) is 0.0832. The van der Waals surface area contributed by atoms with Gasteiger partial charge in [-0.2, -0.15) is 0 Å². The fraction of sp³-hybridized carbons (Fsp3) is 0.0938. The summed E-state index contributed by atoms with van der Waals surface area (Å²) in [5.41, 5.74) is 9.89. The zero-order chi connectivity index (χ0) is 46.0. The Morgan fingerprint density at radius 2 is 0.956 bits per heavy atom. The summed E-state index contributed by atoms with van der Waals surface area (Å²) in [7, 11) is 0. The molecule has 2 aliphatic rings. The first-order chi connectivity index (χ1) is 33.6. The SMILES string of the molecule is CC.S/C(=C\C=C\c1ccc(C2=CCCC=C2)s1)c1ccc2c(-c3ccc4ccccc4c3)c3cc(-c4ccc(-c5ccc(C6=CCCC=C6)s5)s4)ccc3c(-c3ccc4ccccc4c3)c2c1. The normalized spacial score (nSPS) is 14.0. The van der Waals surface area contributed by atoms with E-state index in [4.69, 9.17) is 12.6 Å². The van der Waals surface area contributed by atoms with Gasteiger partial charge in [0.05, 0.1) is 0 Å². The smallest absolute Gasteiger partial charge is 0.0449 e. The lowest BCUT2D eigenvalue weighted by molar-refractivity contribution is 1.04. The van der Waals surface area contributed by atoms with E-state index >= 15 is 0 Å². The number of benzene rings is 7. The second-order valence-corrected chi connectivity index (χ2v) is 20.9. The summed E-state index contributed by atoms with van der Waals surface area (Å²) in [6.45, 7) is 4.00. The van der Waals surface area contributed by atoms with Crippen LogP contribution in [0.15, 0.2) is 206 Å². The molecule has 0 nitrogen and oxygen atoms in total. The number of rotatable bonds is 9. The van der Waals surface area contributed by atoms with E-state index in [9.17, 15) is 0 Å². The Kier molecular flexibility index (Phi) is 12.7. The van der Waals surface area contributed by atoms with Crippen LogP contribution in [-0.4, -0.2) is 0 Å². The van der Waals surface area contributed by atoms with E-state index in [1.807, 2.05) is 47.9 Å². The molecule has 7 aromatic carbocycles. The highest BCUT2D eigenvalue weighted by Gasteiger charge is 2.20. The van der Waals surface area contributed by atoms with Gasteiger partial charge in [0.2, 0.25) is 0 Å². The molecule has 0 spiro atoms. The topological polar surface area (TPSA) is 0 Å². The Labute approximate surface area is 417 Å². The molecular weight excluding hydrogens is 897 g/mol. The highest BCUT2D eigenvalue weighted by molar-refractivity contribution is 7.90. The number of hydrogen-bond acceptors (Lipinski definition) is 4. The zero-order valence-electron chi connectivity index (χ0n) is 38.2. The Bertz CT molecular complexity index is 3720. The summed E-state index contributed by atoms with van der Waals surface area (Å²) >= 11 is 10.8. The van der Waals surface area contributed by atoms with Crippen LogP contribution in [0, 0.1) is 0 Å². The van der Waals surface area contributed by atoms with Gasteiger partial charge in [0.25, 0.3) is 0 Å². The van der Waals surface area contributed by atoms with Crippen molar-refractivity contribution in [3.05, 3.63) is 227 Å². The highest BCUT2D eigenvalue weighted by atomic mass is 32.1. The number of thiophene rings is 3. The lowest BCUT2D eigenvalue weighted by Crippen LogP contribution is -1.93. The van der Waals surface area contributed by atoms with E-state index in [1.165, 1.54) is 111 Å². The molecule has 0 amide bonds. The number of allylic oxidation sites excluding steroid dienone is 10. The molecule has 0 saturated heterocycles. The number of hydrogen-bond donors (Lipinski definition) is 1. The third-order valence-electron chi connectivity index (χ3n) is 12.9. The maximum Gasteiger partial charge on any atom is 0.0449 e. The average molecular weight is 947 g/mol. The molecule has 0 radical (unpaired) electrons. The van der Waals surface area contributed by atoms with Gasteiger partial charge in [-0.25, -0.2) is 0 Å². The van der Waals surface area contributed by atoms with E-state index in [2.05, 4.69) is 212 Å². The maximum atomic E-state index is 5.16. The molecule has 0 atom stereocenters. The molecule has 0 aliphatic heterocycles. The molecule has 330 valence electrons. The van der Waals surface area contributed by atoms with Crippen LogP contribution in [0.5, 0.6) is 0 Å². The van der Waals surface area contributed by atoms with Crippen LogP contribution in [0.25, 0.3) is 108 Å². The van der Waals surface area contributed by atoms with Gasteiger partial charge in [0.15, 0.2) is 0 Å². The lowest BCUT2D eigenvalue weighted by Gasteiger charge is -2.20. The van der Waals surface area contributed by atoms with Crippen LogP contribution in [0.1, 0.15) is 59.7 Å². The van der Waals surface area contributed by atoms with Crippen LogP contribution < -0.4 is 0 Å². The number of fused-ring (bicyclic) bond motifs is 4. The van der Waals surface area contributed by atoms with Gasteiger partial charge in [-0.3, -0.25) is 0 Å². The van der Waals surface area contributed by atoms with E-state index in [-0.39, 0.29) is 0 Å². The van der Waals surface area contributed by atoms with Crippen molar-refractivity contribution < 1.29 is 0 Å². The minimum atomic E-state index is 0.924. The van der Waals surface area contributed by atoms with Gasteiger partial charge in [-0.1, -0.05) is 153 Å². The molecule has 68 heavy (non-hydrogen) atoms. The van der Waals surface area contributed by atoms with Crippen molar-refractivity contribution in [3.63, 3.8) is 0 Å². The van der Waals surface area contributed by atoms with Crippen molar-refractivity contribution in [2.24, 2.45) is 0 Å². The molecule has 4 heteroatoms. The third kappa shape index (κ3) is 8.75. The Morgan fingerprint density at radius 1 is 0.441 bits per heavy atom. The van der Waals surface area contributed by atoms with Crippen LogP contribution in [0.3, 0.4) is 0 Å². The molecule has 3 aromatic heterocycles. The first-order valence-electron chi connectivity index (χ1n) is 23.7. The van der Waals surface area contributed by atoms with Gasteiger partial charge in [-0.05, 0) is 186 Å². The maximum absolute atomic E-state index is 5.16. The summed E-state index contributed by atoms with van der Waals surface area (Å²) in [5, 5.41) is 9.85. The average Bonchev–Trinajstić information content (AvgIpc) is 4.21. The van der Waals surface area contributed by atoms with Gasteiger partial charge < -0.3 is 0 Å². The van der Waals surface area contributed by atoms with Crippen LogP contribution >= 0.6 is 46.6 Å². The highest BCUT2D eigenvalue weighted by Crippen LogP contribution is 2.48. The predicted molar refractivity (Wildman–Crippen MR) is 308 cm³/mol. The van der Waals surface area contributed by atoms with E-state index in [1.54, 1.807) is 0 Å². The molecule has 10 aromatic rings. The van der Waals surface area contributed by atoms with Crippen molar-refractivity contribution in [3.8, 4) is 42.4 Å². The second-order valence-electron chi connectivity index (χ2n) is 17.1. The Balaban J connectivity index is 0.00000250. The first kappa shape index (κ1) is 44.0. The monoisotopic (exact) mass is 946 g/mol. The van der Waals surface area contributed by atoms with Crippen molar-refractivity contribution in [2.75, 3.05) is 0 Å². The summed E-state index contributed by atoms with van der Waals surface area (Å²) < 4.78 is 0. The van der Waals surface area contributed by atoms with Crippen molar-refractivity contribution >= 4 is 112 Å². The molecular formula is C64H50S4. The van der Waals surface area contributed by atoms with Crippen LogP contribution in [0.2, 0.25) is 0 Å². The zero-order valence-corrected chi connectivity index (χ0v) is 41.6. The van der Waals surface area contributed by atoms with Gasteiger partial charge >= 0.3 is 0 Å². The second kappa shape index (κ2) is 19.6. The molecule has 0 saturated carbocycles. The predicted octanol–water partition coefficient (Wildman–Crippen LogP) is 20.6. The van der Waals surface area contributed by atoms with Crippen molar-refractivity contribution in [1.82, 2.24) is 0 Å².